The molecule has 1 aliphatic carbocycles. The first kappa shape index (κ1) is 28.8. The molecule has 39 heavy (non-hydrogen) atoms. The number of hydrogen-bond donors (Lipinski definition) is 3. The standard InChI is InChI=1S/C29H33BF3NO5/c1-17-11-22(31)23(13-18(17)12-19(27(2,3)16-36)5-4-6-21(30)15-35)34-26(37)28(9-10-28)20-7-8-24-25(14-20)39-29(32,33)38-24/h4-5,7-8,11-14,21,35-36H,6,9-10,15-16,30H2,1-3H3,(H,34,37)/b5-4-,19-12+/t21-/m1/s1. The van der Waals surface area contributed by atoms with E-state index < -0.39 is 28.8 Å². The molecule has 1 atom stereocenters. The third kappa shape index (κ3) is 6.17. The number of rotatable bonds is 10. The molecule has 0 saturated heterocycles. The molecule has 2 aliphatic rings. The molecule has 6 nitrogen and oxygen atoms in total. The lowest BCUT2D eigenvalue weighted by molar-refractivity contribution is -0.286. The van der Waals surface area contributed by atoms with Crippen LogP contribution in [0.1, 0.15) is 49.8 Å². The minimum absolute atomic E-state index is 0.00515. The Labute approximate surface area is 226 Å². The highest BCUT2D eigenvalue weighted by atomic mass is 19.3. The van der Waals surface area contributed by atoms with E-state index in [1.807, 2.05) is 39.9 Å². The molecule has 0 bridgehead atoms. The molecule has 1 amide bonds. The molecule has 0 spiro atoms. The van der Waals surface area contributed by atoms with Crippen LogP contribution in [-0.2, 0) is 10.2 Å². The maximum absolute atomic E-state index is 15.0. The summed E-state index contributed by atoms with van der Waals surface area (Å²) in [5.74, 6) is -1.22. The van der Waals surface area contributed by atoms with Crippen molar-refractivity contribution in [1.82, 2.24) is 0 Å². The third-order valence-corrected chi connectivity index (χ3v) is 7.38. The highest BCUT2D eigenvalue weighted by molar-refractivity contribution is 6.11. The molecular formula is C29H33BF3NO5. The molecule has 10 heteroatoms. The van der Waals surface area contributed by atoms with E-state index in [1.54, 1.807) is 19.1 Å². The highest BCUT2D eigenvalue weighted by Gasteiger charge is 2.53. The smallest absolute Gasteiger partial charge is 0.397 e. The first-order valence-electron chi connectivity index (χ1n) is 12.9. The predicted molar refractivity (Wildman–Crippen MR) is 145 cm³/mol. The zero-order chi connectivity index (χ0) is 28.6. The molecule has 0 aromatic heterocycles. The number of alkyl halides is 2. The summed E-state index contributed by atoms with van der Waals surface area (Å²) in [5, 5.41) is 22.0. The van der Waals surface area contributed by atoms with E-state index in [-0.39, 0.29) is 36.2 Å². The van der Waals surface area contributed by atoms with Gasteiger partial charge in [-0.2, -0.15) is 0 Å². The van der Waals surface area contributed by atoms with Gasteiger partial charge in [0.25, 0.3) is 0 Å². The maximum Gasteiger partial charge on any atom is 0.586 e. The summed E-state index contributed by atoms with van der Waals surface area (Å²) in [5.41, 5.74) is 1.01. The van der Waals surface area contributed by atoms with Crippen LogP contribution >= 0.6 is 0 Å². The number of benzene rings is 2. The number of halogens is 3. The van der Waals surface area contributed by atoms with Crippen LogP contribution in [0, 0.1) is 18.2 Å². The van der Waals surface area contributed by atoms with E-state index in [4.69, 9.17) is 0 Å². The van der Waals surface area contributed by atoms with Crippen LogP contribution in [-0.4, -0.2) is 43.5 Å². The average molecular weight is 543 g/mol. The van der Waals surface area contributed by atoms with E-state index in [2.05, 4.69) is 14.8 Å². The van der Waals surface area contributed by atoms with Gasteiger partial charge in [-0.05, 0) is 78.5 Å². The Kier molecular flexibility index (Phi) is 7.92. The zero-order valence-electron chi connectivity index (χ0n) is 22.5. The number of carbonyl (C=O) groups is 1. The molecule has 208 valence electrons. The minimum Gasteiger partial charge on any atom is -0.397 e. The quantitative estimate of drug-likeness (QED) is 0.294. The molecule has 0 unspecified atom stereocenters. The fourth-order valence-corrected chi connectivity index (χ4v) is 4.43. The van der Waals surface area contributed by atoms with Crippen LogP contribution < -0.4 is 14.8 Å². The van der Waals surface area contributed by atoms with Gasteiger partial charge in [0.2, 0.25) is 5.91 Å². The summed E-state index contributed by atoms with van der Waals surface area (Å²) in [6, 6.07) is 7.15. The number of fused-ring (bicyclic) bond motifs is 1. The van der Waals surface area contributed by atoms with Gasteiger partial charge >= 0.3 is 6.29 Å². The molecule has 1 saturated carbocycles. The highest BCUT2D eigenvalue weighted by Crippen LogP contribution is 2.52. The summed E-state index contributed by atoms with van der Waals surface area (Å²) in [6.45, 7) is 5.47. The van der Waals surface area contributed by atoms with Crippen LogP contribution in [0.3, 0.4) is 0 Å². The lowest BCUT2D eigenvalue weighted by atomic mass is 9.81. The third-order valence-electron chi connectivity index (χ3n) is 7.38. The number of nitrogens with one attached hydrogen (secondary N) is 1. The van der Waals surface area contributed by atoms with Gasteiger partial charge < -0.3 is 25.0 Å². The second-order valence-corrected chi connectivity index (χ2v) is 11.1. The van der Waals surface area contributed by atoms with Crippen molar-refractivity contribution in [3.05, 3.63) is 70.6 Å². The van der Waals surface area contributed by atoms with Gasteiger partial charge in [-0.3, -0.25) is 4.79 Å². The van der Waals surface area contributed by atoms with Crippen molar-refractivity contribution in [2.75, 3.05) is 18.5 Å². The molecule has 1 heterocycles. The molecule has 4 rings (SSSR count). The minimum atomic E-state index is -3.76. The number of aliphatic hydroxyl groups is 2. The molecule has 3 N–H and O–H groups in total. The monoisotopic (exact) mass is 543 g/mol. The average Bonchev–Trinajstić information content (AvgIpc) is 3.62. The normalized spacial score (nSPS) is 18.3. The van der Waals surface area contributed by atoms with E-state index in [9.17, 15) is 23.8 Å². The van der Waals surface area contributed by atoms with E-state index >= 15 is 4.39 Å². The van der Waals surface area contributed by atoms with Gasteiger partial charge in [0.1, 0.15) is 13.7 Å². The van der Waals surface area contributed by atoms with Gasteiger partial charge in [-0.15, -0.1) is 8.78 Å². The fourth-order valence-electron chi connectivity index (χ4n) is 4.43. The van der Waals surface area contributed by atoms with Crippen molar-refractivity contribution in [2.45, 2.75) is 57.6 Å². The Morgan fingerprint density at radius 2 is 1.87 bits per heavy atom. The van der Waals surface area contributed by atoms with Crippen LogP contribution in [0.15, 0.2) is 48.1 Å². The van der Waals surface area contributed by atoms with Crippen LogP contribution in [0.5, 0.6) is 11.5 Å². The molecule has 1 aliphatic heterocycles. The number of aliphatic hydroxyl groups excluding tert-OH is 2. The van der Waals surface area contributed by atoms with Crippen molar-refractivity contribution in [1.29, 1.82) is 0 Å². The number of hydrogen-bond acceptors (Lipinski definition) is 5. The summed E-state index contributed by atoms with van der Waals surface area (Å²) >= 11 is 0. The first-order chi connectivity index (χ1) is 18.3. The van der Waals surface area contributed by atoms with Crippen LogP contribution in [0.25, 0.3) is 6.08 Å². The van der Waals surface area contributed by atoms with Gasteiger partial charge in [0, 0.05) is 12.0 Å². The second-order valence-electron chi connectivity index (χ2n) is 11.1. The number of aryl methyl sites for hydroxylation is 1. The second kappa shape index (κ2) is 10.7. The van der Waals surface area contributed by atoms with Gasteiger partial charge in [0.15, 0.2) is 11.5 Å². The first-order valence-corrected chi connectivity index (χ1v) is 12.9. The van der Waals surface area contributed by atoms with Gasteiger partial charge in [-0.25, -0.2) is 4.39 Å². The molecule has 2 aromatic rings. The van der Waals surface area contributed by atoms with Crippen LogP contribution in [0.2, 0.25) is 5.82 Å². The zero-order valence-corrected chi connectivity index (χ0v) is 22.5. The van der Waals surface area contributed by atoms with Gasteiger partial charge in [-0.1, -0.05) is 38.1 Å². The molecule has 2 aromatic carbocycles. The molecule has 1 fully saturated rings. The van der Waals surface area contributed by atoms with Crippen molar-refractivity contribution >= 4 is 25.5 Å². The topological polar surface area (TPSA) is 88.0 Å². The summed E-state index contributed by atoms with van der Waals surface area (Å²) < 4.78 is 50.9. The van der Waals surface area contributed by atoms with E-state index in [1.165, 1.54) is 18.2 Å². The number of anilines is 1. The largest absolute Gasteiger partial charge is 0.586 e. The Bertz CT molecular complexity index is 1320. The lowest BCUT2D eigenvalue weighted by Crippen LogP contribution is -2.28. The predicted octanol–water partition coefficient (Wildman–Crippen LogP) is 4.89. The van der Waals surface area contributed by atoms with Crippen molar-refractivity contribution < 1.29 is 37.7 Å². The van der Waals surface area contributed by atoms with Crippen LogP contribution in [0.4, 0.5) is 18.9 Å². The Morgan fingerprint density at radius 3 is 2.51 bits per heavy atom. The van der Waals surface area contributed by atoms with Crippen molar-refractivity contribution in [3.63, 3.8) is 0 Å². The van der Waals surface area contributed by atoms with Crippen molar-refractivity contribution in [3.8, 4) is 11.5 Å². The molecular weight excluding hydrogens is 510 g/mol. The lowest BCUT2D eigenvalue weighted by Gasteiger charge is -2.24. The number of ether oxygens (including phenoxy) is 2. The Balaban J connectivity index is 1.61. The van der Waals surface area contributed by atoms with Crippen molar-refractivity contribution in [2.24, 2.45) is 5.41 Å². The SMILES string of the molecule is B[C@@H](CO)C/C=C\C(=C/c1cc(NC(=O)C2(c3ccc4c(c3)OC(F)(F)O4)CC2)c(F)cc1C)C(C)(C)CO. The number of allylic oxidation sites excluding steroid dienone is 2. The maximum atomic E-state index is 15.0. The number of carbonyl (C=O) groups excluding carboxylic acids is 1. The summed E-state index contributed by atoms with van der Waals surface area (Å²) in [6.07, 6.45) is 3.52. The Morgan fingerprint density at radius 1 is 1.18 bits per heavy atom. The number of amides is 1. The van der Waals surface area contributed by atoms with Gasteiger partial charge in [0.05, 0.1) is 17.7 Å². The summed E-state index contributed by atoms with van der Waals surface area (Å²) in [7, 11) is 1.93. The fraction of sp³-hybridized carbons (Fsp3) is 0.414. The van der Waals surface area contributed by atoms with E-state index in [0.29, 0.717) is 36.0 Å². The Hall–Kier alpha value is -3.24. The molecule has 0 radical (unpaired) electrons. The van der Waals surface area contributed by atoms with E-state index in [0.717, 1.165) is 5.57 Å². The summed E-state index contributed by atoms with van der Waals surface area (Å²) in [4.78, 5) is 13.4.